The second-order valence-corrected chi connectivity index (χ2v) is 8.36. The summed E-state index contributed by atoms with van der Waals surface area (Å²) in [6.07, 6.45) is 7.46. The van der Waals surface area contributed by atoms with Gasteiger partial charge in [-0.2, -0.15) is 11.8 Å². The smallest absolute Gasteiger partial charge is 0.0163 e. The second-order valence-electron chi connectivity index (χ2n) is 7.33. The van der Waals surface area contributed by atoms with Gasteiger partial charge in [0.25, 0.3) is 0 Å². The van der Waals surface area contributed by atoms with Gasteiger partial charge in [0.05, 0.1) is 0 Å². The van der Waals surface area contributed by atoms with Crippen LogP contribution in [0.2, 0.25) is 0 Å². The van der Waals surface area contributed by atoms with Gasteiger partial charge < -0.3 is 5.32 Å². The molecule has 0 aromatic heterocycles. The summed E-state index contributed by atoms with van der Waals surface area (Å²) in [5.74, 6) is 5.91. The molecule has 1 saturated heterocycles. The van der Waals surface area contributed by atoms with Gasteiger partial charge in [0, 0.05) is 11.8 Å². The molecule has 0 aromatic rings. The third-order valence-electron chi connectivity index (χ3n) is 4.71. The fraction of sp³-hybridized carbons (Fsp3) is 1.00. The molecule has 1 N–H and O–H groups in total. The Bertz CT molecular complexity index is 256. The topological polar surface area (TPSA) is 12.0 Å². The van der Waals surface area contributed by atoms with Crippen LogP contribution in [-0.4, -0.2) is 24.1 Å². The maximum atomic E-state index is 3.90. The molecule has 1 nitrogen and oxygen atoms in total. The first-order valence-electron chi connectivity index (χ1n) is 7.45. The molecule has 0 radical (unpaired) electrons. The first-order valence-corrected chi connectivity index (χ1v) is 8.61. The van der Waals surface area contributed by atoms with Gasteiger partial charge in [-0.25, -0.2) is 0 Å². The molecule has 2 heteroatoms. The molecular formula is C15H27NS. The molecule has 2 saturated carbocycles. The summed E-state index contributed by atoms with van der Waals surface area (Å²) in [7, 11) is 0. The van der Waals surface area contributed by atoms with Crippen LogP contribution in [0.4, 0.5) is 0 Å². The van der Waals surface area contributed by atoms with Crippen molar-refractivity contribution in [1.29, 1.82) is 0 Å². The molecule has 0 amide bonds. The summed E-state index contributed by atoms with van der Waals surface area (Å²) in [6, 6.07) is 0.781. The van der Waals surface area contributed by atoms with Gasteiger partial charge in [0.2, 0.25) is 0 Å². The Labute approximate surface area is 111 Å². The Hall–Kier alpha value is 0.310. The number of nitrogens with one attached hydrogen (secondary N) is 1. The quantitative estimate of drug-likeness (QED) is 0.804. The van der Waals surface area contributed by atoms with Gasteiger partial charge in [0.1, 0.15) is 0 Å². The van der Waals surface area contributed by atoms with Crippen molar-refractivity contribution in [1.82, 2.24) is 5.32 Å². The lowest BCUT2D eigenvalue weighted by Crippen LogP contribution is -2.42. The Kier molecular flexibility index (Phi) is 3.47. The molecule has 98 valence electrons. The van der Waals surface area contributed by atoms with Crippen molar-refractivity contribution in [2.75, 3.05) is 18.1 Å². The summed E-state index contributed by atoms with van der Waals surface area (Å²) in [6.45, 7) is 6.16. The van der Waals surface area contributed by atoms with Crippen molar-refractivity contribution < 1.29 is 0 Å². The highest BCUT2D eigenvalue weighted by atomic mass is 32.2. The van der Waals surface area contributed by atoms with E-state index in [9.17, 15) is 0 Å². The lowest BCUT2D eigenvalue weighted by Gasteiger charge is -2.36. The lowest BCUT2D eigenvalue weighted by molar-refractivity contribution is 0.291. The van der Waals surface area contributed by atoms with Crippen molar-refractivity contribution in [3.8, 4) is 0 Å². The third-order valence-corrected chi connectivity index (χ3v) is 6.33. The van der Waals surface area contributed by atoms with Gasteiger partial charge in [-0.1, -0.05) is 13.8 Å². The number of thioether (sulfide) groups is 1. The SMILES string of the molecule is CC1(C)CSCC(NCC(C2CC2)C2CC2)C1. The molecular weight excluding hydrogens is 226 g/mol. The highest BCUT2D eigenvalue weighted by Gasteiger charge is 2.41. The van der Waals surface area contributed by atoms with Gasteiger partial charge in [-0.15, -0.1) is 0 Å². The van der Waals surface area contributed by atoms with E-state index in [2.05, 4.69) is 30.9 Å². The molecule has 1 aliphatic heterocycles. The predicted octanol–water partition coefficient (Wildman–Crippen LogP) is 3.54. The summed E-state index contributed by atoms with van der Waals surface area (Å²) < 4.78 is 0. The number of hydrogen-bond donors (Lipinski definition) is 1. The molecule has 1 atom stereocenters. The van der Waals surface area contributed by atoms with E-state index in [1.165, 1.54) is 50.2 Å². The zero-order chi connectivity index (χ0) is 11.9. The average Bonchev–Trinajstić information content (AvgIpc) is 3.12. The lowest BCUT2D eigenvalue weighted by atomic mass is 9.87. The molecule has 2 aliphatic carbocycles. The van der Waals surface area contributed by atoms with Crippen LogP contribution in [-0.2, 0) is 0 Å². The minimum absolute atomic E-state index is 0.551. The fourth-order valence-corrected chi connectivity index (χ4v) is 4.77. The van der Waals surface area contributed by atoms with Crippen LogP contribution in [0, 0.1) is 23.2 Å². The van der Waals surface area contributed by atoms with Gasteiger partial charge in [-0.3, -0.25) is 0 Å². The summed E-state index contributed by atoms with van der Waals surface area (Å²) in [5, 5.41) is 3.90. The maximum absolute atomic E-state index is 3.90. The largest absolute Gasteiger partial charge is 0.313 e. The van der Waals surface area contributed by atoms with Crippen LogP contribution >= 0.6 is 11.8 Å². The van der Waals surface area contributed by atoms with E-state index in [1.807, 2.05) is 0 Å². The molecule has 1 unspecified atom stereocenters. The number of rotatable bonds is 5. The van der Waals surface area contributed by atoms with E-state index in [0.717, 1.165) is 23.8 Å². The van der Waals surface area contributed by atoms with Crippen LogP contribution in [0.5, 0.6) is 0 Å². The standard InChI is InChI=1S/C15H27NS/c1-15(2)7-13(9-17-10-15)16-8-14(11-3-4-11)12-5-6-12/h11-14,16H,3-10H2,1-2H3. The van der Waals surface area contributed by atoms with Crippen molar-refractivity contribution in [3.63, 3.8) is 0 Å². The fourth-order valence-electron chi connectivity index (χ4n) is 3.46. The predicted molar refractivity (Wildman–Crippen MR) is 76.5 cm³/mol. The monoisotopic (exact) mass is 253 g/mol. The molecule has 3 aliphatic rings. The van der Waals surface area contributed by atoms with Gasteiger partial charge in [-0.05, 0) is 67.6 Å². The Morgan fingerprint density at radius 2 is 1.82 bits per heavy atom. The normalized spacial score (nSPS) is 33.0. The van der Waals surface area contributed by atoms with Gasteiger partial charge >= 0.3 is 0 Å². The molecule has 1 heterocycles. The molecule has 0 bridgehead atoms. The van der Waals surface area contributed by atoms with E-state index in [0.29, 0.717) is 5.41 Å². The van der Waals surface area contributed by atoms with Crippen molar-refractivity contribution in [3.05, 3.63) is 0 Å². The van der Waals surface area contributed by atoms with Gasteiger partial charge in [0.15, 0.2) is 0 Å². The van der Waals surface area contributed by atoms with E-state index < -0.39 is 0 Å². The summed E-state index contributed by atoms with van der Waals surface area (Å²) in [4.78, 5) is 0. The average molecular weight is 253 g/mol. The highest BCUT2D eigenvalue weighted by molar-refractivity contribution is 7.99. The van der Waals surface area contributed by atoms with E-state index in [4.69, 9.17) is 0 Å². The Balaban J connectivity index is 1.46. The first kappa shape index (κ1) is 12.3. The van der Waals surface area contributed by atoms with Crippen molar-refractivity contribution in [2.45, 2.75) is 52.0 Å². The van der Waals surface area contributed by atoms with E-state index in [-0.39, 0.29) is 0 Å². The van der Waals surface area contributed by atoms with Crippen LogP contribution < -0.4 is 5.32 Å². The Morgan fingerprint density at radius 3 is 2.35 bits per heavy atom. The van der Waals surface area contributed by atoms with Crippen LogP contribution in [0.3, 0.4) is 0 Å². The van der Waals surface area contributed by atoms with Crippen LogP contribution in [0.25, 0.3) is 0 Å². The van der Waals surface area contributed by atoms with Crippen molar-refractivity contribution >= 4 is 11.8 Å². The molecule has 3 fully saturated rings. The zero-order valence-corrected chi connectivity index (χ0v) is 12.2. The molecule has 0 aromatic carbocycles. The van der Waals surface area contributed by atoms with Crippen molar-refractivity contribution in [2.24, 2.45) is 23.2 Å². The van der Waals surface area contributed by atoms with Crippen LogP contribution in [0.15, 0.2) is 0 Å². The zero-order valence-electron chi connectivity index (χ0n) is 11.4. The molecule has 17 heavy (non-hydrogen) atoms. The third kappa shape index (κ3) is 3.41. The minimum atomic E-state index is 0.551. The second kappa shape index (κ2) is 4.77. The molecule has 0 spiro atoms. The Morgan fingerprint density at radius 1 is 1.18 bits per heavy atom. The maximum Gasteiger partial charge on any atom is 0.0163 e. The summed E-state index contributed by atoms with van der Waals surface area (Å²) in [5.41, 5.74) is 0.551. The first-order chi connectivity index (χ1) is 8.14. The molecule has 3 rings (SSSR count). The number of hydrogen-bond acceptors (Lipinski definition) is 2. The highest BCUT2D eigenvalue weighted by Crippen LogP contribution is 2.49. The van der Waals surface area contributed by atoms with E-state index >= 15 is 0 Å². The minimum Gasteiger partial charge on any atom is -0.313 e. The van der Waals surface area contributed by atoms with E-state index in [1.54, 1.807) is 0 Å². The summed E-state index contributed by atoms with van der Waals surface area (Å²) >= 11 is 2.15. The van der Waals surface area contributed by atoms with Crippen LogP contribution in [0.1, 0.15) is 46.0 Å².